The maximum atomic E-state index is 12.7. The summed E-state index contributed by atoms with van der Waals surface area (Å²) in [4.78, 5) is 1.98. The molecule has 2 rings (SSSR count). The number of halogens is 3. The average Bonchev–Trinajstić information content (AvgIpc) is 3.09. The van der Waals surface area contributed by atoms with Gasteiger partial charge in [-0.2, -0.15) is 13.2 Å². The maximum Gasteiger partial charge on any atom is 0.393 e. The van der Waals surface area contributed by atoms with Crippen LogP contribution in [0.15, 0.2) is 0 Å². The first-order valence-corrected chi connectivity index (χ1v) is 6.51. The second kappa shape index (κ2) is 5.14. The number of nitrogens with one attached hydrogen (secondary N) is 1. The predicted octanol–water partition coefficient (Wildman–Crippen LogP) is 2.40. The van der Waals surface area contributed by atoms with E-state index in [1.165, 1.54) is 12.8 Å². The maximum absolute atomic E-state index is 12.7. The molecule has 0 radical (unpaired) electrons. The minimum absolute atomic E-state index is 0.178. The van der Waals surface area contributed by atoms with Crippen molar-refractivity contribution < 1.29 is 13.2 Å². The van der Waals surface area contributed by atoms with Crippen molar-refractivity contribution in [1.29, 1.82) is 0 Å². The van der Waals surface area contributed by atoms with Crippen molar-refractivity contribution in [2.24, 2.45) is 5.92 Å². The molecule has 2 fully saturated rings. The molecular weight excluding hydrogens is 229 g/mol. The van der Waals surface area contributed by atoms with E-state index in [1.54, 1.807) is 0 Å². The highest BCUT2D eigenvalue weighted by molar-refractivity contribution is 4.85. The minimum atomic E-state index is -4.03. The van der Waals surface area contributed by atoms with Crippen LogP contribution >= 0.6 is 0 Å². The van der Waals surface area contributed by atoms with Crippen LogP contribution in [0.1, 0.15) is 32.6 Å². The van der Waals surface area contributed by atoms with Gasteiger partial charge >= 0.3 is 6.18 Å². The van der Waals surface area contributed by atoms with Gasteiger partial charge in [0.15, 0.2) is 0 Å². The summed E-state index contributed by atoms with van der Waals surface area (Å²) >= 11 is 0. The molecule has 0 bridgehead atoms. The number of alkyl halides is 3. The fourth-order valence-corrected chi connectivity index (χ4v) is 2.43. The fraction of sp³-hybridized carbons (Fsp3) is 1.00. The molecule has 1 N–H and O–H groups in total. The zero-order valence-corrected chi connectivity index (χ0v) is 10.3. The van der Waals surface area contributed by atoms with Crippen LogP contribution in [0, 0.1) is 5.92 Å². The van der Waals surface area contributed by atoms with Gasteiger partial charge in [0.1, 0.15) is 0 Å². The summed E-state index contributed by atoms with van der Waals surface area (Å²) in [5.41, 5.74) is 0. The monoisotopic (exact) mass is 250 g/mol. The third-order valence-electron chi connectivity index (χ3n) is 3.82. The molecule has 2 nitrogen and oxygen atoms in total. The lowest BCUT2D eigenvalue weighted by Crippen LogP contribution is -2.48. The first-order valence-electron chi connectivity index (χ1n) is 6.51. The van der Waals surface area contributed by atoms with Gasteiger partial charge in [0.05, 0.1) is 5.92 Å². The second-order valence-corrected chi connectivity index (χ2v) is 5.41. The van der Waals surface area contributed by atoms with E-state index >= 15 is 0 Å². The molecule has 17 heavy (non-hydrogen) atoms. The molecule has 0 aromatic rings. The van der Waals surface area contributed by atoms with Gasteiger partial charge in [-0.05, 0) is 39.2 Å². The number of piperidine rings is 1. The van der Waals surface area contributed by atoms with E-state index < -0.39 is 12.1 Å². The summed E-state index contributed by atoms with van der Waals surface area (Å²) < 4.78 is 38.0. The van der Waals surface area contributed by atoms with Gasteiger partial charge in [0.25, 0.3) is 0 Å². The Morgan fingerprint density at radius 3 is 2.59 bits per heavy atom. The third-order valence-corrected chi connectivity index (χ3v) is 3.82. The Kier molecular flexibility index (Phi) is 3.98. The topological polar surface area (TPSA) is 15.3 Å². The Morgan fingerprint density at radius 1 is 1.29 bits per heavy atom. The normalized spacial score (nSPS) is 29.3. The number of hydrogen-bond donors (Lipinski definition) is 1. The summed E-state index contributed by atoms with van der Waals surface area (Å²) in [6.07, 6.45) is -0.626. The van der Waals surface area contributed by atoms with Crippen molar-refractivity contribution in [2.75, 3.05) is 19.6 Å². The number of likely N-dealkylation sites (tertiary alicyclic amines) is 1. The van der Waals surface area contributed by atoms with Crippen LogP contribution in [0.3, 0.4) is 0 Å². The zero-order valence-electron chi connectivity index (χ0n) is 10.3. The van der Waals surface area contributed by atoms with Gasteiger partial charge in [-0.3, -0.25) is 4.90 Å². The molecule has 1 saturated heterocycles. The number of nitrogens with zero attached hydrogens (tertiary/aromatic N) is 1. The molecule has 1 heterocycles. The lowest BCUT2D eigenvalue weighted by Gasteiger charge is -2.37. The van der Waals surface area contributed by atoms with E-state index in [4.69, 9.17) is 0 Å². The quantitative estimate of drug-likeness (QED) is 0.824. The van der Waals surface area contributed by atoms with Crippen LogP contribution in [-0.2, 0) is 0 Å². The second-order valence-electron chi connectivity index (χ2n) is 5.41. The van der Waals surface area contributed by atoms with Crippen molar-refractivity contribution in [2.45, 2.75) is 50.9 Å². The zero-order chi connectivity index (χ0) is 12.5. The molecule has 2 unspecified atom stereocenters. The minimum Gasteiger partial charge on any atom is -0.312 e. The molecule has 2 aliphatic rings. The lowest BCUT2D eigenvalue weighted by atomic mass is 9.96. The molecule has 1 aliphatic carbocycles. The highest BCUT2D eigenvalue weighted by atomic mass is 19.4. The number of rotatable bonds is 4. The van der Waals surface area contributed by atoms with Gasteiger partial charge < -0.3 is 5.32 Å². The molecule has 0 aromatic heterocycles. The smallest absolute Gasteiger partial charge is 0.312 e. The fourth-order valence-electron chi connectivity index (χ4n) is 2.43. The van der Waals surface area contributed by atoms with Crippen molar-refractivity contribution in [3.63, 3.8) is 0 Å². The Bertz CT molecular complexity index is 251. The Balaban J connectivity index is 1.78. The first-order chi connectivity index (χ1) is 7.97. The first kappa shape index (κ1) is 13.1. The van der Waals surface area contributed by atoms with Crippen LogP contribution in [0.2, 0.25) is 0 Å². The van der Waals surface area contributed by atoms with E-state index in [9.17, 15) is 13.2 Å². The molecule has 2 atom stereocenters. The van der Waals surface area contributed by atoms with E-state index in [-0.39, 0.29) is 12.6 Å². The Morgan fingerprint density at radius 2 is 2.00 bits per heavy atom. The molecule has 1 aliphatic heterocycles. The summed E-state index contributed by atoms with van der Waals surface area (Å²) in [5, 5.41) is 3.38. The molecule has 1 saturated carbocycles. The molecule has 100 valence electrons. The van der Waals surface area contributed by atoms with Crippen LogP contribution in [0.4, 0.5) is 13.2 Å². The average molecular weight is 250 g/mol. The van der Waals surface area contributed by atoms with Crippen LogP contribution < -0.4 is 5.32 Å². The summed E-state index contributed by atoms with van der Waals surface area (Å²) in [6.45, 7) is 3.82. The highest BCUT2D eigenvalue weighted by Gasteiger charge is 2.42. The summed E-state index contributed by atoms with van der Waals surface area (Å²) in [6, 6.07) is 0.835. The SMILES string of the molecule is CC(CNC1CC1)N1CCCC(C(F)(F)F)C1. The van der Waals surface area contributed by atoms with Crippen molar-refractivity contribution in [1.82, 2.24) is 10.2 Å². The van der Waals surface area contributed by atoms with Crippen LogP contribution in [0.25, 0.3) is 0 Å². The highest BCUT2D eigenvalue weighted by Crippen LogP contribution is 2.33. The van der Waals surface area contributed by atoms with Crippen molar-refractivity contribution in [3.05, 3.63) is 0 Å². The number of hydrogen-bond acceptors (Lipinski definition) is 2. The van der Waals surface area contributed by atoms with Crippen molar-refractivity contribution in [3.8, 4) is 0 Å². The third kappa shape index (κ3) is 3.85. The standard InChI is InChI=1S/C12H21F3N2/c1-9(7-16-11-4-5-11)17-6-2-3-10(8-17)12(13,14)15/h9-11,16H,2-8H2,1H3. The van der Waals surface area contributed by atoms with E-state index in [0.717, 1.165) is 13.1 Å². The summed E-state index contributed by atoms with van der Waals surface area (Å²) in [7, 11) is 0. The summed E-state index contributed by atoms with van der Waals surface area (Å²) in [5.74, 6) is -1.13. The van der Waals surface area contributed by atoms with Gasteiger partial charge in [-0.25, -0.2) is 0 Å². The van der Waals surface area contributed by atoms with E-state index in [0.29, 0.717) is 18.9 Å². The molecule has 0 amide bonds. The largest absolute Gasteiger partial charge is 0.393 e. The van der Waals surface area contributed by atoms with Gasteiger partial charge in [-0.15, -0.1) is 0 Å². The molecule has 5 heteroatoms. The van der Waals surface area contributed by atoms with E-state index in [2.05, 4.69) is 5.32 Å². The van der Waals surface area contributed by atoms with E-state index in [1.807, 2.05) is 11.8 Å². The van der Waals surface area contributed by atoms with Crippen LogP contribution in [-0.4, -0.2) is 42.8 Å². The lowest BCUT2D eigenvalue weighted by molar-refractivity contribution is -0.188. The Labute approximate surface area is 101 Å². The van der Waals surface area contributed by atoms with Gasteiger partial charge in [0.2, 0.25) is 0 Å². The molecule has 0 spiro atoms. The Hall–Kier alpha value is -0.290. The molecule has 0 aromatic carbocycles. The van der Waals surface area contributed by atoms with Crippen molar-refractivity contribution >= 4 is 0 Å². The molecular formula is C12H21F3N2. The van der Waals surface area contributed by atoms with Crippen LogP contribution in [0.5, 0.6) is 0 Å². The predicted molar refractivity (Wildman–Crippen MR) is 60.8 cm³/mol. The van der Waals surface area contributed by atoms with Gasteiger partial charge in [-0.1, -0.05) is 0 Å². The van der Waals surface area contributed by atoms with Gasteiger partial charge in [0, 0.05) is 25.2 Å².